The number of carbonyl (C=O) groups excluding carboxylic acids is 2. The van der Waals surface area contributed by atoms with Crippen LogP contribution in [0.15, 0.2) is 66.9 Å². The molecule has 2 aromatic carbocycles. The predicted octanol–water partition coefficient (Wildman–Crippen LogP) is 5.31. The highest BCUT2D eigenvalue weighted by molar-refractivity contribution is 6.29. The van der Waals surface area contributed by atoms with Gasteiger partial charge in [0.2, 0.25) is 0 Å². The number of halogens is 1. The van der Waals surface area contributed by atoms with Gasteiger partial charge < -0.3 is 4.90 Å². The Morgan fingerprint density at radius 2 is 1.48 bits per heavy atom. The van der Waals surface area contributed by atoms with Gasteiger partial charge in [0, 0.05) is 37.3 Å². The lowest BCUT2D eigenvalue weighted by Gasteiger charge is -2.14. The van der Waals surface area contributed by atoms with E-state index >= 15 is 0 Å². The molecule has 3 rings (SSSR count). The van der Waals surface area contributed by atoms with Crippen LogP contribution in [0.2, 0.25) is 5.15 Å². The molecule has 0 spiro atoms. The van der Waals surface area contributed by atoms with Crippen molar-refractivity contribution in [2.45, 2.75) is 19.8 Å². The molecule has 29 heavy (non-hydrogen) atoms. The van der Waals surface area contributed by atoms with Gasteiger partial charge in [0.1, 0.15) is 5.15 Å². The molecular formula is C24H23ClN2O2. The van der Waals surface area contributed by atoms with Crippen LogP contribution in [0.5, 0.6) is 0 Å². The van der Waals surface area contributed by atoms with Gasteiger partial charge in [-0.3, -0.25) is 9.59 Å². The normalized spacial score (nSPS) is 10.6. The van der Waals surface area contributed by atoms with E-state index < -0.39 is 0 Å². The van der Waals surface area contributed by atoms with Crippen molar-refractivity contribution in [3.05, 3.63) is 88.7 Å². The van der Waals surface area contributed by atoms with E-state index in [4.69, 9.17) is 11.6 Å². The van der Waals surface area contributed by atoms with E-state index in [1.54, 1.807) is 24.2 Å². The molecule has 5 heteroatoms. The van der Waals surface area contributed by atoms with Crippen molar-refractivity contribution >= 4 is 23.3 Å². The summed E-state index contributed by atoms with van der Waals surface area (Å²) >= 11 is 5.78. The molecule has 1 aromatic heterocycles. The largest absolute Gasteiger partial charge is 0.342 e. The molecule has 0 aliphatic heterocycles. The highest BCUT2D eigenvalue weighted by atomic mass is 35.5. The smallest absolute Gasteiger partial charge is 0.253 e. The van der Waals surface area contributed by atoms with Crippen molar-refractivity contribution in [2.75, 3.05) is 13.6 Å². The van der Waals surface area contributed by atoms with Gasteiger partial charge in [-0.15, -0.1) is 0 Å². The minimum Gasteiger partial charge on any atom is -0.342 e. The number of hydrogen-bond donors (Lipinski definition) is 0. The van der Waals surface area contributed by atoms with E-state index in [2.05, 4.69) is 4.98 Å². The van der Waals surface area contributed by atoms with Gasteiger partial charge in [-0.25, -0.2) is 4.98 Å². The van der Waals surface area contributed by atoms with Gasteiger partial charge in [0.25, 0.3) is 5.91 Å². The number of aromatic nitrogens is 1. The van der Waals surface area contributed by atoms with Crippen molar-refractivity contribution in [3.8, 4) is 11.1 Å². The number of Topliss-reactive ketones (excluding diaryl/α,β-unsaturated/α-hetero) is 1. The number of nitrogens with zero attached hydrogens (tertiary/aromatic N) is 2. The van der Waals surface area contributed by atoms with E-state index in [-0.39, 0.29) is 11.7 Å². The number of pyridine rings is 1. The average Bonchev–Trinajstić information content (AvgIpc) is 2.77. The van der Waals surface area contributed by atoms with Gasteiger partial charge in [0.05, 0.1) is 0 Å². The fourth-order valence-electron chi connectivity index (χ4n) is 2.97. The van der Waals surface area contributed by atoms with E-state index in [0.717, 1.165) is 16.7 Å². The quantitative estimate of drug-likeness (QED) is 0.394. The summed E-state index contributed by atoms with van der Waals surface area (Å²) in [6.45, 7) is 2.62. The number of rotatable bonds is 7. The van der Waals surface area contributed by atoms with Crippen molar-refractivity contribution in [3.63, 3.8) is 0 Å². The number of aryl methyl sites for hydroxylation is 1. The zero-order valence-corrected chi connectivity index (χ0v) is 17.3. The molecule has 0 aliphatic rings. The first-order chi connectivity index (χ1) is 14.0. The molecule has 0 bridgehead atoms. The fourth-order valence-corrected chi connectivity index (χ4v) is 3.09. The SMILES string of the molecule is CCN(C)C(=O)c1ccc(-c2ccc(C(=O)CCc3ccc(Cl)nc3)cc2)cc1. The maximum Gasteiger partial charge on any atom is 0.253 e. The van der Waals surface area contributed by atoms with Crippen LogP contribution < -0.4 is 0 Å². The lowest BCUT2D eigenvalue weighted by molar-refractivity contribution is 0.0802. The predicted molar refractivity (Wildman–Crippen MR) is 116 cm³/mol. The third-order valence-electron chi connectivity index (χ3n) is 4.92. The zero-order chi connectivity index (χ0) is 20.8. The number of ketones is 1. The minimum absolute atomic E-state index is 0.0101. The molecule has 4 nitrogen and oxygen atoms in total. The second kappa shape index (κ2) is 9.48. The van der Waals surface area contributed by atoms with Crippen molar-refractivity contribution in [2.24, 2.45) is 0 Å². The summed E-state index contributed by atoms with van der Waals surface area (Å²) in [6.07, 6.45) is 2.75. The maximum absolute atomic E-state index is 12.5. The van der Waals surface area contributed by atoms with E-state index in [1.165, 1.54) is 0 Å². The molecule has 0 unspecified atom stereocenters. The van der Waals surface area contributed by atoms with Crippen LogP contribution in [0, 0.1) is 0 Å². The molecule has 0 fully saturated rings. The molecule has 0 saturated carbocycles. The first kappa shape index (κ1) is 20.7. The molecule has 0 radical (unpaired) electrons. The standard InChI is InChI=1S/C24H23ClN2O2/c1-3-27(2)24(29)21-12-8-19(9-13-21)18-6-10-20(11-7-18)22(28)14-4-17-5-15-23(25)26-16-17/h5-13,15-16H,3-4,14H2,1-2H3. The summed E-state index contributed by atoms with van der Waals surface area (Å²) in [5, 5.41) is 0.449. The van der Waals surface area contributed by atoms with Crippen LogP contribution in [0.3, 0.4) is 0 Å². The Balaban J connectivity index is 1.64. The highest BCUT2D eigenvalue weighted by Gasteiger charge is 2.11. The summed E-state index contributed by atoms with van der Waals surface area (Å²) in [5.41, 5.74) is 4.36. The van der Waals surface area contributed by atoms with Crippen LogP contribution >= 0.6 is 11.6 Å². The molecule has 1 amide bonds. The Kier molecular flexibility index (Phi) is 6.78. The van der Waals surface area contributed by atoms with E-state index in [1.807, 2.05) is 61.5 Å². The Morgan fingerprint density at radius 3 is 2.00 bits per heavy atom. The summed E-state index contributed by atoms with van der Waals surface area (Å²) in [5.74, 6) is 0.103. The minimum atomic E-state index is 0.0101. The van der Waals surface area contributed by atoms with Gasteiger partial charge >= 0.3 is 0 Å². The van der Waals surface area contributed by atoms with Crippen LogP contribution in [0.1, 0.15) is 39.6 Å². The third kappa shape index (κ3) is 5.30. The first-order valence-electron chi connectivity index (χ1n) is 9.57. The van der Waals surface area contributed by atoms with Gasteiger partial charge in [-0.05, 0) is 48.2 Å². The Hall–Kier alpha value is -2.98. The molecular weight excluding hydrogens is 384 g/mol. The second-order valence-corrected chi connectivity index (χ2v) is 7.27. The van der Waals surface area contributed by atoms with Crippen molar-refractivity contribution in [1.29, 1.82) is 0 Å². The fraction of sp³-hybridized carbons (Fsp3) is 0.208. The number of amides is 1. The first-order valence-corrected chi connectivity index (χ1v) is 9.95. The van der Waals surface area contributed by atoms with Crippen molar-refractivity contribution in [1.82, 2.24) is 9.88 Å². The molecule has 0 saturated heterocycles. The Morgan fingerprint density at radius 1 is 0.897 bits per heavy atom. The maximum atomic E-state index is 12.5. The summed E-state index contributed by atoms with van der Waals surface area (Å²) in [7, 11) is 1.79. The number of hydrogen-bond acceptors (Lipinski definition) is 3. The molecule has 148 valence electrons. The lowest BCUT2D eigenvalue weighted by atomic mass is 9.99. The average molecular weight is 407 g/mol. The topological polar surface area (TPSA) is 50.3 Å². The molecule has 0 aliphatic carbocycles. The monoisotopic (exact) mass is 406 g/mol. The van der Waals surface area contributed by atoms with Crippen LogP contribution in [-0.2, 0) is 6.42 Å². The second-order valence-electron chi connectivity index (χ2n) is 6.89. The zero-order valence-electron chi connectivity index (χ0n) is 16.6. The molecule has 0 N–H and O–H groups in total. The van der Waals surface area contributed by atoms with Crippen LogP contribution in [-0.4, -0.2) is 35.2 Å². The molecule has 1 heterocycles. The number of benzene rings is 2. The Labute approximate surface area is 176 Å². The van der Waals surface area contributed by atoms with Gasteiger partial charge in [0.15, 0.2) is 5.78 Å². The third-order valence-corrected chi connectivity index (χ3v) is 5.15. The highest BCUT2D eigenvalue weighted by Crippen LogP contribution is 2.21. The summed E-state index contributed by atoms with van der Waals surface area (Å²) in [4.78, 5) is 30.4. The van der Waals surface area contributed by atoms with Crippen LogP contribution in [0.4, 0.5) is 0 Å². The summed E-state index contributed by atoms with van der Waals surface area (Å²) < 4.78 is 0. The molecule has 3 aromatic rings. The van der Waals surface area contributed by atoms with Crippen molar-refractivity contribution < 1.29 is 9.59 Å². The van der Waals surface area contributed by atoms with Gasteiger partial charge in [-0.2, -0.15) is 0 Å². The van der Waals surface area contributed by atoms with E-state index in [9.17, 15) is 9.59 Å². The van der Waals surface area contributed by atoms with Crippen LogP contribution in [0.25, 0.3) is 11.1 Å². The Bertz CT molecular complexity index is 981. The van der Waals surface area contributed by atoms with Gasteiger partial charge in [-0.1, -0.05) is 54.1 Å². The van der Waals surface area contributed by atoms with E-state index in [0.29, 0.717) is 35.7 Å². The summed E-state index contributed by atoms with van der Waals surface area (Å²) in [6, 6.07) is 18.7. The number of carbonyl (C=O) groups is 2. The lowest BCUT2D eigenvalue weighted by Crippen LogP contribution is -2.26. The molecule has 0 atom stereocenters.